The Hall–Kier alpha value is -8.86. The summed E-state index contributed by atoms with van der Waals surface area (Å²) in [7, 11) is 0. The van der Waals surface area contributed by atoms with E-state index in [4.69, 9.17) is 9.15 Å². The van der Waals surface area contributed by atoms with Gasteiger partial charge >= 0.3 is 0 Å². The van der Waals surface area contributed by atoms with Crippen molar-refractivity contribution in [2.24, 2.45) is 0 Å². The highest BCUT2D eigenvalue weighted by Gasteiger charge is 2.49. The van der Waals surface area contributed by atoms with Crippen molar-refractivity contribution in [2.75, 3.05) is 4.90 Å². The predicted molar refractivity (Wildman–Crippen MR) is 275 cm³/mol. The van der Waals surface area contributed by atoms with E-state index < -0.39 is 5.41 Å². The van der Waals surface area contributed by atoms with Gasteiger partial charge in [-0.3, -0.25) is 0 Å². The molecule has 0 fully saturated rings. The highest BCUT2D eigenvalue weighted by molar-refractivity contribution is 6.12. The van der Waals surface area contributed by atoms with Gasteiger partial charge in [0.1, 0.15) is 22.7 Å². The molecule has 0 radical (unpaired) electrons. The Labute approximate surface area is 385 Å². The maximum atomic E-state index is 6.80. The summed E-state index contributed by atoms with van der Waals surface area (Å²) in [6.07, 6.45) is 0. The third-order valence-electron chi connectivity index (χ3n) is 14.6. The standard InChI is InChI=1S/C63H38N2O2/c1-2-18-44-39(14-1)15-13-26-55(44)64(43-31-34-47-46-19-3-7-25-56(46)65(57(47)38-43)41-32-35-59-50(36-41)48-20-4-8-27-58(48)66-59)42-30-33-45-49-21-11-16-40-17-12-24-53(62(40)49)63(54(45)37-42)51-22-5-9-28-60(51)67-61-29-10-6-23-52(61)63/h1-38H. The number of ether oxygens (including phenoxy) is 1. The van der Waals surface area contributed by atoms with Gasteiger partial charge < -0.3 is 18.6 Å². The monoisotopic (exact) mass is 854 g/mol. The molecule has 0 saturated carbocycles. The molecule has 0 unspecified atom stereocenters. The zero-order valence-electron chi connectivity index (χ0n) is 36.2. The molecule has 0 amide bonds. The molecule has 0 saturated heterocycles. The number of anilines is 3. The van der Waals surface area contributed by atoms with Crippen LogP contribution in [0.2, 0.25) is 0 Å². The van der Waals surface area contributed by atoms with Gasteiger partial charge in [-0.25, -0.2) is 0 Å². The molecule has 2 aliphatic rings. The van der Waals surface area contributed by atoms with Crippen LogP contribution in [-0.4, -0.2) is 4.57 Å². The molecular formula is C63H38N2O2. The van der Waals surface area contributed by atoms with Crippen LogP contribution in [0.5, 0.6) is 11.5 Å². The molecule has 3 heterocycles. The van der Waals surface area contributed by atoms with Crippen LogP contribution >= 0.6 is 0 Å². The van der Waals surface area contributed by atoms with Crippen molar-refractivity contribution >= 4 is 82.4 Å². The smallest absolute Gasteiger partial charge is 0.135 e. The molecule has 0 atom stereocenters. The first-order valence-corrected chi connectivity index (χ1v) is 23.0. The number of benzene rings is 11. The summed E-state index contributed by atoms with van der Waals surface area (Å²) in [5.41, 5.74) is 14.9. The number of aromatic nitrogens is 1. The first kappa shape index (κ1) is 36.5. The largest absolute Gasteiger partial charge is 0.457 e. The van der Waals surface area contributed by atoms with Crippen LogP contribution in [-0.2, 0) is 5.41 Å². The second-order valence-electron chi connectivity index (χ2n) is 17.9. The van der Waals surface area contributed by atoms with Gasteiger partial charge in [-0.05, 0) is 111 Å². The van der Waals surface area contributed by atoms with Crippen molar-refractivity contribution < 1.29 is 9.15 Å². The number of nitrogens with zero attached hydrogens (tertiary/aromatic N) is 2. The zero-order valence-corrected chi connectivity index (χ0v) is 36.2. The van der Waals surface area contributed by atoms with Crippen molar-refractivity contribution in [3.05, 3.63) is 253 Å². The Bertz CT molecular complexity index is 4170. The van der Waals surface area contributed by atoms with Crippen LogP contribution in [0.25, 0.3) is 82.1 Å². The molecule has 0 N–H and O–H groups in total. The van der Waals surface area contributed by atoms with Gasteiger partial charge in [-0.15, -0.1) is 0 Å². The Balaban J connectivity index is 1.04. The van der Waals surface area contributed by atoms with Crippen molar-refractivity contribution in [1.29, 1.82) is 0 Å². The summed E-state index contributed by atoms with van der Waals surface area (Å²) >= 11 is 0. The maximum Gasteiger partial charge on any atom is 0.135 e. The highest BCUT2D eigenvalue weighted by atomic mass is 16.5. The van der Waals surface area contributed by atoms with E-state index in [-0.39, 0.29) is 0 Å². The maximum absolute atomic E-state index is 6.80. The molecule has 1 aliphatic carbocycles. The van der Waals surface area contributed by atoms with Crippen LogP contribution in [0.15, 0.2) is 235 Å². The molecule has 2 aromatic heterocycles. The molecule has 1 spiro atoms. The van der Waals surface area contributed by atoms with Crippen molar-refractivity contribution in [3.63, 3.8) is 0 Å². The quantitative estimate of drug-likeness (QED) is 0.177. The predicted octanol–water partition coefficient (Wildman–Crippen LogP) is 16.9. The minimum atomic E-state index is -0.679. The summed E-state index contributed by atoms with van der Waals surface area (Å²) in [6.45, 7) is 0. The SMILES string of the molecule is c1ccc2c(c1)Oc1ccccc1C21c2cc(N(c3ccc4c5ccccc5n(-c5ccc6oc7ccccc7c6c5)c4c3)c3cccc4ccccc34)ccc2-c2cccc3cccc1c23. The third-order valence-corrected chi connectivity index (χ3v) is 14.6. The van der Waals surface area contributed by atoms with E-state index in [0.717, 1.165) is 78.3 Å². The second-order valence-corrected chi connectivity index (χ2v) is 17.9. The molecule has 13 aromatic rings. The van der Waals surface area contributed by atoms with Crippen molar-refractivity contribution in [3.8, 4) is 28.3 Å². The van der Waals surface area contributed by atoms with Crippen LogP contribution < -0.4 is 9.64 Å². The van der Waals surface area contributed by atoms with Gasteiger partial charge in [0, 0.05) is 55.1 Å². The fourth-order valence-corrected chi connectivity index (χ4v) is 11.9. The third kappa shape index (κ3) is 4.96. The minimum absolute atomic E-state index is 0.679. The Kier molecular flexibility index (Phi) is 7.40. The normalized spacial score (nSPS) is 13.3. The Morgan fingerprint density at radius 3 is 1.87 bits per heavy atom. The van der Waals surface area contributed by atoms with E-state index in [1.54, 1.807) is 0 Å². The summed E-state index contributed by atoms with van der Waals surface area (Å²) < 4.78 is 15.5. The highest BCUT2D eigenvalue weighted by Crippen LogP contribution is 2.62. The molecule has 15 rings (SSSR count). The van der Waals surface area contributed by atoms with E-state index in [2.05, 4.69) is 228 Å². The van der Waals surface area contributed by atoms with E-state index in [9.17, 15) is 0 Å². The number of fused-ring (bicyclic) bond motifs is 15. The van der Waals surface area contributed by atoms with Gasteiger partial charge in [-0.2, -0.15) is 0 Å². The topological polar surface area (TPSA) is 30.5 Å². The fraction of sp³-hybridized carbons (Fsp3) is 0.0159. The Morgan fingerprint density at radius 1 is 0.373 bits per heavy atom. The van der Waals surface area contributed by atoms with E-state index in [1.165, 1.54) is 54.6 Å². The number of hydrogen-bond acceptors (Lipinski definition) is 3. The molecule has 1 aliphatic heterocycles. The second kappa shape index (κ2) is 13.6. The molecule has 11 aromatic carbocycles. The summed E-state index contributed by atoms with van der Waals surface area (Å²) in [5.74, 6) is 1.75. The van der Waals surface area contributed by atoms with Crippen LogP contribution in [0.3, 0.4) is 0 Å². The molecule has 4 nitrogen and oxygen atoms in total. The van der Waals surface area contributed by atoms with E-state index in [0.29, 0.717) is 0 Å². The summed E-state index contributed by atoms with van der Waals surface area (Å²) in [6, 6.07) is 84.1. The average molecular weight is 855 g/mol. The van der Waals surface area contributed by atoms with E-state index in [1.807, 2.05) is 12.1 Å². The number of para-hydroxylation sites is 4. The number of rotatable bonds is 4. The number of furan rings is 1. The molecule has 67 heavy (non-hydrogen) atoms. The summed E-state index contributed by atoms with van der Waals surface area (Å²) in [5, 5.41) is 9.48. The first-order chi connectivity index (χ1) is 33.2. The molecule has 312 valence electrons. The molecular weight excluding hydrogens is 817 g/mol. The lowest BCUT2D eigenvalue weighted by Crippen LogP contribution is -2.36. The average Bonchev–Trinajstić information content (AvgIpc) is 3.93. The summed E-state index contributed by atoms with van der Waals surface area (Å²) in [4.78, 5) is 2.47. The lowest BCUT2D eigenvalue weighted by Gasteiger charge is -2.45. The first-order valence-electron chi connectivity index (χ1n) is 23.0. The van der Waals surface area contributed by atoms with Crippen LogP contribution in [0, 0.1) is 0 Å². The van der Waals surface area contributed by atoms with Gasteiger partial charge in [0.15, 0.2) is 0 Å². The molecule has 0 bridgehead atoms. The fourth-order valence-electron chi connectivity index (χ4n) is 11.9. The van der Waals surface area contributed by atoms with Gasteiger partial charge in [0.2, 0.25) is 0 Å². The lowest BCUT2D eigenvalue weighted by atomic mass is 9.58. The van der Waals surface area contributed by atoms with Gasteiger partial charge in [-0.1, -0.05) is 158 Å². The van der Waals surface area contributed by atoms with Crippen LogP contribution in [0.4, 0.5) is 17.1 Å². The number of hydrogen-bond donors (Lipinski definition) is 0. The van der Waals surface area contributed by atoms with Gasteiger partial charge in [0.25, 0.3) is 0 Å². The minimum Gasteiger partial charge on any atom is -0.457 e. The lowest BCUT2D eigenvalue weighted by molar-refractivity contribution is 0.435. The Morgan fingerprint density at radius 2 is 1.00 bits per heavy atom. The van der Waals surface area contributed by atoms with E-state index >= 15 is 0 Å². The van der Waals surface area contributed by atoms with Crippen molar-refractivity contribution in [1.82, 2.24) is 4.57 Å². The van der Waals surface area contributed by atoms with Gasteiger partial charge in [0.05, 0.1) is 22.1 Å². The zero-order chi connectivity index (χ0) is 43.8. The molecule has 4 heteroatoms. The van der Waals surface area contributed by atoms with Crippen LogP contribution in [0.1, 0.15) is 22.3 Å². The van der Waals surface area contributed by atoms with Crippen molar-refractivity contribution in [2.45, 2.75) is 5.41 Å².